The number of benzene rings is 1. The van der Waals surface area contributed by atoms with E-state index in [9.17, 15) is 4.79 Å². The summed E-state index contributed by atoms with van der Waals surface area (Å²) in [6.45, 7) is 5.03. The van der Waals surface area contributed by atoms with Gasteiger partial charge in [0, 0.05) is 18.4 Å². The monoisotopic (exact) mass is 271 g/mol. The van der Waals surface area contributed by atoms with Crippen LogP contribution in [0.25, 0.3) is 11.0 Å². The Morgan fingerprint density at radius 1 is 1.20 bits per heavy atom. The molecule has 2 heterocycles. The number of hydrogen-bond donors (Lipinski definition) is 0. The van der Waals surface area contributed by atoms with Crippen molar-refractivity contribution in [3.63, 3.8) is 0 Å². The summed E-state index contributed by atoms with van der Waals surface area (Å²) in [5.74, 6) is 0.952. The summed E-state index contributed by atoms with van der Waals surface area (Å²) in [5.41, 5.74) is 1.59. The van der Waals surface area contributed by atoms with E-state index >= 15 is 0 Å². The summed E-state index contributed by atoms with van der Waals surface area (Å²) >= 11 is 0. The molecule has 0 aliphatic carbocycles. The number of nitrogens with zero attached hydrogens (tertiary/aromatic N) is 1. The van der Waals surface area contributed by atoms with Crippen LogP contribution in [0.3, 0.4) is 0 Å². The van der Waals surface area contributed by atoms with Crippen LogP contribution in [0.5, 0.6) is 0 Å². The minimum absolute atomic E-state index is 0.207. The maximum atomic E-state index is 12.5. The van der Waals surface area contributed by atoms with Crippen molar-refractivity contribution in [3.05, 3.63) is 35.6 Å². The number of ketones is 1. The minimum Gasteiger partial charge on any atom is -0.461 e. The Kier molecular flexibility index (Phi) is 3.88. The van der Waals surface area contributed by atoms with E-state index in [0.717, 1.165) is 41.9 Å². The molecule has 3 nitrogen and oxygen atoms in total. The molecule has 0 unspecified atom stereocenters. The van der Waals surface area contributed by atoms with Crippen molar-refractivity contribution in [2.24, 2.45) is 0 Å². The zero-order valence-corrected chi connectivity index (χ0v) is 12.0. The first-order valence-corrected chi connectivity index (χ1v) is 7.49. The molecule has 1 aliphatic rings. The van der Waals surface area contributed by atoms with Crippen molar-refractivity contribution in [1.82, 2.24) is 4.90 Å². The Balaban J connectivity index is 1.73. The molecule has 0 spiro atoms. The van der Waals surface area contributed by atoms with Crippen LogP contribution >= 0.6 is 0 Å². The number of carbonyl (C=O) groups is 1. The zero-order chi connectivity index (χ0) is 13.9. The molecule has 0 N–H and O–H groups in total. The Morgan fingerprint density at radius 3 is 2.75 bits per heavy atom. The van der Waals surface area contributed by atoms with Crippen LogP contribution < -0.4 is 0 Å². The molecule has 1 aliphatic heterocycles. The SMILES string of the molecule is Cc1oc2ccccc2c1C(=O)CCN1CCCCC1. The van der Waals surface area contributed by atoms with Crippen LogP contribution in [-0.2, 0) is 0 Å². The topological polar surface area (TPSA) is 33.5 Å². The average Bonchev–Trinajstić information content (AvgIpc) is 2.82. The minimum atomic E-state index is 0.207. The van der Waals surface area contributed by atoms with Crippen LogP contribution in [0.1, 0.15) is 41.8 Å². The Morgan fingerprint density at radius 2 is 1.95 bits per heavy atom. The Hall–Kier alpha value is -1.61. The number of Topliss-reactive ketones (excluding diaryl/α,β-unsaturated/α-hetero) is 1. The van der Waals surface area contributed by atoms with Gasteiger partial charge < -0.3 is 9.32 Å². The second kappa shape index (κ2) is 5.80. The molecule has 1 saturated heterocycles. The Bertz CT molecular complexity index is 608. The second-order valence-corrected chi connectivity index (χ2v) is 5.60. The van der Waals surface area contributed by atoms with Gasteiger partial charge in [0.2, 0.25) is 0 Å². The molecule has 0 bridgehead atoms. The summed E-state index contributed by atoms with van der Waals surface area (Å²) in [5, 5.41) is 0.952. The molecular formula is C17H21NO2. The van der Waals surface area contributed by atoms with Gasteiger partial charge in [0.05, 0.1) is 5.56 Å². The molecule has 106 valence electrons. The van der Waals surface area contributed by atoms with Gasteiger partial charge in [-0.05, 0) is 38.9 Å². The summed E-state index contributed by atoms with van der Waals surface area (Å²) in [4.78, 5) is 14.9. The van der Waals surface area contributed by atoms with Crippen molar-refractivity contribution in [2.75, 3.05) is 19.6 Å². The lowest BCUT2D eigenvalue weighted by molar-refractivity contribution is 0.0958. The molecule has 3 heteroatoms. The Labute approximate surface area is 119 Å². The molecule has 0 atom stereocenters. The standard InChI is InChI=1S/C17H21NO2/c1-13-17(14-7-3-4-8-16(14)20-13)15(19)9-12-18-10-5-2-6-11-18/h3-4,7-8H,2,5-6,9-12H2,1H3. The van der Waals surface area contributed by atoms with E-state index in [1.54, 1.807) is 0 Å². The molecule has 1 aromatic heterocycles. The van der Waals surface area contributed by atoms with Crippen molar-refractivity contribution < 1.29 is 9.21 Å². The normalized spacial score (nSPS) is 16.6. The number of fused-ring (bicyclic) bond motifs is 1. The number of para-hydroxylation sites is 1. The van der Waals surface area contributed by atoms with Crippen LogP contribution in [0.2, 0.25) is 0 Å². The van der Waals surface area contributed by atoms with E-state index in [1.165, 1.54) is 19.3 Å². The van der Waals surface area contributed by atoms with Crippen LogP contribution in [-0.4, -0.2) is 30.3 Å². The van der Waals surface area contributed by atoms with Gasteiger partial charge in [0.1, 0.15) is 11.3 Å². The third kappa shape index (κ3) is 2.63. The molecule has 0 radical (unpaired) electrons. The maximum absolute atomic E-state index is 12.5. The lowest BCUT2D eigenvalue weighted by Gasteiger charge is -2.25. The van der Waals surface area contributed by atoms with Crippen LogP contribution in [0.4, 0.5) is 0 Å². The predicted octanol–water partition coefficient (Wildman–Crippen LogP) is 3.80. The summed E-state index contributed by atoms with van der Waals surface area (Å²) in [6, 6.07) is 7.79. The van der Waals surface area contributed by atoms with Gasteiger partial charge in [0.15, 0.2) is 5.78 Å². The fourth-order valence-corrected chi connectivity index (χ4v) is 3.08. The molecule has 2 aromatic rings. The molecular weight excluding hydrogens is 250 g/mol. The summed E-state index contributed by atoms with van der Waals surface area (Å²) < 4.78 is 5.68. The van der Waals surface area contributed by atoms with E-state index in [2.05, 4.69) is 4.90 Å². The number of piperidine rings is 1. The van der Waals surface area contributed by atoms with E-state index in [1.807, 2.05) is 31.2 Å². The fraction of sp³-hybridized carbons (Fsp3) is 0.471. The van der Waals surface area contributed by atoms with E-state index in [4.69, 9.17) is 4.42 Å². The van der Waals surface area contributed by atoms with Gasteiger partial charge in [0.25, 0.3) is 0 Å². The smallest absolute Gasteiger partial charge is 0.168 e. The van der Waals surface area contributed by atoms with E-state index in [0.29, 0.717) is 6.42 Å². The van der Waals surface area contributed by atoms with Gasteiger partial charge in [-0.3, -0.25) is 4.79 Å². The lowest BCUT2D eigenvalue weighted by Crippen LogP contribution is -2.31. The number of aryl methyl sites for hydroxylation is 1. The van der Waals surface area contributed by atoms with Gasteiger partial charge in [-0.15, -0.1) is 0 Å². The van der Waals surface area contributed by atoms with Gasteiger partial charge in [-0.25, -0.2) is 0 Å². The lowest BCUT2D eigenvalue weighted by atomic mass is 10.0. The zero-order valence-electron chi connectivity index (χ0n) is 12.0. The largest absolute Gasteiger partial charge is 0.461 e. The maximum Gasteiger partial charge on any atom is 0.168 e. The molecule has 3 rings (SSSR count). The second-order valence-electron chi connectivity index (χ2n) is 5.60. The number of furan rings is 1. The third-order valence-corrected chi connectivity index (χ3v) is 4.15. The van der Waals surface area contributed by atoms with Crippen molar-refractivity contribution in [3.8, 4) is 0 Å². The molecule has 20 heavy (non-hydrogen) atoms. The van der Waals surface area contributed by atoms with Crippen molar-refractivity contribution in [2.45, 2.75) is 32.6 Å². The average molecular weight is 271 g/mol. The highest BCUT2D eigenvalue weighted by molar-refractivity contribution is 6.08. The number of rotatable bonds is 4. The van der Waals surface area contributed by atoms with Crippen LogP contribution in [0, 0.1) is 6.92 Å². The molecule has 0 amide bonds. The highest BCUT2D eigenvalue weighted by Gasteiger charge is 2.19. The first-order valence-electron chi connectivity index (χ1n) is 7.49. The predicted molar refractivity (Wildman–Crippen MR) is 80.2 cm³/mol. The third-order valence-electron chi connectivity index (χ3n) is 4.15. The quantitative estimate of drug-likeness (QED) is 0.793. The van der Waals surface area contributed by atoms with Crippen LogP contribution in [0.15, 0.2) is 28.7 Å². The van der Waals surface area contributed by atoms with Gasteiger partial charge in [-0.2, -0.15) is 0 Å². The fourth-order valence-electron chi connectivity index (χ4n) is 3.08. The highest BCUT2D eigenvalue weighted by atomic mass is 16.3. The number of carbonyl (C=O) groups excluding carboxylic acids is 1. The van der Waals surface area contributed by atoms with Gasteiger partial charge >= 0.3 is 0 Å². The van der Waals surface area contributed by atoms with Crippen molar-refractivity contribution in [1.29, 1.82) is 0 Å². The van der Waals surface area contributed by atoms with E-state index in [-0.39, 0.29) is 5.78 Å². The number of hydrogen-bond acceptors (Lipinski definition) is 3. The van der Waals surface area contributed by atoms with Crippen molar-refractivity contribution >= 4 is 16.8 Å². The molecule has 0 saturated carbocycles. The molecule has 1 fully saturated rings. The summed E-state index contributed by atoms with van der Waals surface area (Å²) in [6.07, 6.45) is 4.45. The first-order chi connectivity index (χ1) is 9.75. The summed E-state index contributed by atoms with van der Waals surface area (Å²) in [7, 11) is 0. The first kappa shape index (κ1) is 13.4. The molecule has 1 aromatic carbocycles. The highest BCUT2D eigenvalue weighted by Crippen LogP contribution is 2.26. The van der Waals surface area contributed by atoms with Gasteiger partial charge in [-0.1, -0.05) is 24.6 Å². The number of likely N-dealkylation sites (tertiary alicyclic amines) is 1. The van der Waals surface area contributed by atoms with E-state index < -0.39 is 0 Å².